The predicted molar refractivity (Wildman–Crippen MR) is 64.8 cm³/mol. The number of rotatable bonds is 4. The van der Waals surface area contributed by atoms with Crippen LogP contribution in [0, 0.1) is 5.92 Å². The molecule has 2 heteroatoms. The van der Waals surface area contributed by atoms with Crippen LogP contribution in [0.15, 0.2) is 0 Å². The van der Waals surface area contributed by atoms with Gasteiger partial charge in [0.25, 0.3) is 0 Å². The van der Waals surface area contributed by atoms with Crippen LogP contribution >= 0.6 is 0 Å². The van der Waals surface area contributed by atoms with E-state index in [2.05, 4.69) is 11.8 Å². The van der Waals surface area contributed by atoms with Crippen LogP contribution in [0.25, 0.3) is 0 Å². The van der Waals surface area contributed by atoms with E-state index in [9.17, 15) is 0 Å². The molecule has 0 radical (unpaired) electrons. The molecule has 88 valence electrons. The van der Waals surface area contributed by atoms with Crippen molar-refractivity contribution in [2.24, 2.45) is 11.7 Å². The molecule has 1 aliphatic heterocycles. The lowest BCUT2D eigenvalue weighted by molar-refractivity contribution is 0.210. The van der Waals surface area contributed by atoms with Gasteiger partial charge in [-0.2, -0.15) is 0 Å². The van der Waals surface area contributed by atoms with Gasteiger partial charge in [0.05, 0.1) is 0 Å². The maximum absolute atomic E-state index is 6.33. The number of hydrogen-bond donors (Lipinski definition) is 1. The monoisotopic (exact) mass is 210 g/mol. The van der Waals surface area contributed by atoms with Gasteiger partial charge in [-0.05, 0) is 44.6 Å². The summed E-state index contributed by atoms with van der Waals surface area (Å²) in [6.45, 7) is 4.76. The fourth-order valence-electron chi connectivity index (χ4n) is 3.40. The van der Waals surface area contributed by atoms with Crippen molar-refractivity contribution in [2.45, 2.75) is 64.0 Å². The maximum Gasteiger partial charge on any atom is 0.0196 e. The van der Waals surface area contributed by atoms with Crippen molar-refractivity contribution in [3.63, 3.8) is 0 Å². The van der Waals surface area contributed by atoms with Crippen molar-refractivity contribution in [3.05, 3.63) is 0 Å². The normalized spacial score (nSPS) is 31.2. The molecule has 0 aromatic rings. The second-order valence-corrected chi connectivity index (χ2v) is 5.41. The van der Waals surface area contributed by atoms with Crippen LogP contribution in [-0.2, 0) is 0 Å². The van der Waals surface area contributed by atoms with Gasteiger partial charge in [-0.15, -0.1) is 0 Å². The SMILES string of the molecule is CCC1CCCN1CC(N)C1CCCC1. The van der Waals surface area contributed by atoms with Crippen molar-refractivity contribution >= 4 is 0 Å². The zero-order valence-electron chi connectivity index (χ0n) is 10.1. The molecular formula is C13H26N2. The van der Waals surface area contributed by atoms with Crippen LogP contribution < -0.4 is 5.73 Å². The van der Waals surface area contributed by atoms with Gasteiger partial charge in [-0.25, -0.2) is 0 Å². The highest BCUT2D eigenvalue weighted by atomic mass is 15.2. The minimum atomic E-state index is 0.444. The molecule has 2 aliphatic rings. The topological polar surface area (TPSA) is 29.3 Å². The Morgan fingerprint density at radius 3 is 2.60 bits per heavy atom. The van der Waals surface area contributed by atoms with Crippen molar-refractivity contribution in [1.29, 1.82) is 0 Å². The van der Waals surface area contributed by atoms with Gasteiger partial charge in [-0.3, -0.25) is 4.90 Å². The second kappa shape index (κ2) is 5.31. The first-order valence-electron chi connectivity index (χ1n) is 6.81. The van der Waals surface area contributed by atoms with E-state index in [0.29, 0.717) is 6.04 Å². The molecule has 2 atom stereocenters. The third kappa shape index (κ3) is 2.73. The van der Waals surface area contributed by atoms with Gasteiger partial charge in [0.1, 0.15) is 0 Å². The van der Waals surface area contributed by atoms with Crippen LogP contribution in [0.2, 0.25) is 0 Å². The average molecular weight is 210 g/mol. The summed E-state index contributed by atoms with van der Waals surface area (Å²) in [5, 5.41) is 0. The Morgan fingerprint density at radius 2 is 1.93 bits per heavy atom. The van der Waals surface area contributed by atoms with E-state index in [4.69, 9.17) is 5.73 Å². The van der Waals surface area contributed by atoms with Gasteiger partial charge >= 0.3 is 0 Å². The minimum Gasteiger partial charge on any atom is -0.326 e. The fourth-order valence-corrected chi connectivity index (χ4v) is 3.40. The summed E-state index contributed by atoms with van der Waals surface area (Å²) in [6.07, 6.45) is 9.67. The van der Waals surface area contributed by atoms with E-state index in [0.717, 1.165) is 18.5 Å². The number of likely N-dealkylation sites (tertiary alicyclic amines) is 1. The maximum atomic E-state index is 6.33. The van der Waals surface area contributed by atoms with Crippen LogP contribution in [-0.4, -0.2) is 30.1 Å². The standard InChI is InChI=1S/C13H26N2/c1-2-12-8-5-9-15(12)10-13(14)11-6-3-4-7-11/h11-13H,2-10,14H2,1H3. The Hall–Kier alpha value is -0.0800. The molecule has 0 spiro atoms. The zero-order valence-corrected chi connectivity index (χ0v) is 10.1. The third-order valence-corrected chi connectivity index (χ3v) is 4.42. The van der Waals surface area contributed by atoms with E-state index in [1.54, 1.807) is 0 Å². The molecular weight excluding hydrogens is 184 g/mol. The third-order valence-electron chi connectivity index (χ3n) is 4.42. The lowest BCUT2D eigenvalue weighted by Gasteiger charge is -2.29. The van der Waals surface area contributed by atoms with Crippen LogP contribution in [0.3, 0.4) is 0 Å². The van der Waals surface area contributed by atoms with E-state index >= 15 is 0 Å². The molecule has 0 aromatic carbocycles. The van der Waals surface area contributed by atoms with Gasteiger partial charge < -0.3 is 5.73 Å². The highest BCUT2D eigenvalue weighted by Crippen LogP contribution is 2.28. The molecule has 0 aromatic heterocycles. The van der Waals surface area contributed by atoms with Crippen molar-refractivity contribution in [2.75, 3.05) is 13.1 Å². The lowest BCUT2D eigenvalue weighted by atomic mass is 9.98. The minimum absolute atomic E-state index is 0.444. The fraction of sp³-hybridized carbons (Fsp3) is 1.00. The van der Waals surface area contributed by atoms with Gasteiger partial charge in [0, 0.05) is 18.6 Å². The Balaban J connectivity index is 1.79. The first-order chi connectivity index (χ1) is 7.31. The zero-order chi connectivity index (χ0) is 10.7. The van der Waals surface area contributed by atoms with E-state index in [1.807, 2.05) is 0 Å². The molecule has 2 fully saturated rings. The Morgan fingerprint density at radius 1 is 1.20 bits per heavy atom. The first-order valence-corrected chi connectivity index (χ1v) is 6.81. The quantitative estimate of drug-likeness (QED) is 0.772. The number of nitrogens with two attached hydrogens (primary N) is 1. The molecule has 2 rings (SSSR count). The molecule has 1 heterocycles. The lowest BCUT2D eigenvalue weighted by Crippen LogP contribution is -2.43. The van der Waals surface area contributed by atoms with Crippen molar-refractivity contribution in [3.8, 4) is 0 Å². The van der Waals surface area contributed by atoms with E-state index in [-0.39, 0.29) is 0 Å². The smallest absolute Gasteiger partial charge is 0.0196 e. The van der Waals surface area contributed by atoms with Gasteiger partial charge in [0.15, 0.2) is 0 Å². The molecule has 2 unspecified atom stereocenters. The largest absolute Gasteiger partial charge is 0.326 e. The van der Waals surface area contributed by atoms with E-state index in [1.165, 1.54) is 51.5 Å². The summed E-state index contributed by atoms with van der Waals surface area (Å²) in [7, 11) is 0. The summed E-state index contributed by atoms with van der Waals surface area (Å²) >= 11 is 0. The molecule has 0 bridgehead atoms. The number of hydrogen-bond acceptors (Lipinski definition) is 2. The molecule has 1 aliphatic carbocycles. The number of nitrogens with zero attached hydrogens (tertiary/aromatic N) is 1. The summed E-state index contributed by atoms with van der Waals surface area (Å²) in [4.78, 5) is 2.64. The Kier molecular flexibility index (Phi) is 4.04. The molecule has 2 N–H and O–H groups in total. The van der Waals surface area contributed by atoms with Crippen molar-refractivity contribution in [1.82, 2.24) is 4.90 Å². The molecule has 2 nitrogen and oxygen atoms in total. The Labute approximate surface area is 94.2 Å². The van der Waals surface area contributed by atoms with Crippen LogP contribution in [0.5, 0.6) is 0 Å². The molecule has 0 amide bonds. The van der Waals surface area contributed by atoms with Gasteiger partial charge in [-0.1, -0.05) is 19.8 Å². The van der Waals surface area contributed by atoms with Gasteiger partial charge in [0.2, 0.25) is 0 Å². The second-order valence-electron chi connectivity index (χ2n) is 5.41. The summed E-state index contributed by atoms with van der Waals surface area (Å²) in [5.41, 5.74) is 6.33. The Bertz CT molecular complexity index is 187. The highest BCUT2D eigenvalue weighted by Gasteiger charge is 2.28. The van der Waals surface area contributed by atoms with E-state index < -0.39 is 0 Å². The highest BCUT2D eigenvalue weighted by molar-refractivity contribution is 4.85. The summed E-state index contributed by atoms with van der Waals surface area (Å²) in [5.74, 6) is 0.822. The van der Waals surface area contributed by atoms with Crippen LogP contribution in [0.4, 0.5) is 0 Å². The first kappa shape index (κ1) is 11.4. The van der Waals surface area contributed by atoms with Crippen molar-refractivity contribution < 1.29 is 0 Å². The molecule has 15 heavy (non-hydrogen) atoms. The molecule has 1 saturated heterocycles. The average Bonchev–Trinajstić information content (AvgIpc) is 2.87. The van der Waals surface area contributed by atoms with Crippen LogP contribution in [0.1, 0.15) is 51.9 Å². The summed E-state index contributed by atoms with van der Waals surface area (Å²) in [6, 6.07) is 1.28. The predicted octanol–water partition coefficient (Wildman–Crippen LogP) is 2.38. The molecule has 1 saturated carbocycles. The summed E-state index contributed by atoms with van der Waals surface area (Å²) < 4.78 is 0.